The molecular formula is C12H15N3OS. The first-order chi connectivity index (χ1) is 8.24. The molecule has 2 aromatic rings. The first-order valence-corrected chi connectivity index (χ1v) is 6.65. The number of phenolic OH excluding ortho intramolecular Hbond substituents is 1. The maximum atomic E-state index is 9.56. The van der Waals surface area contributed by atoms with E-state index in [4.69, 9.17) is 5.73 Å². The highest BCUT2D eigenvalue weighted by Crippen LogP contribution is 2.34. The van der Waals surface area contributed by atoms with Gasteiger partial charge in [0.2, 0.25) is 0 Å². The van der Waals surface area contributed by atoms with Gasteiger partial charge in [-0.2, -0.15) is 0 Å². The lowest BCUT2D eigenvalue weighted by Gasteiger charge is -2.20. The highest BCUT2D eigenvalue weighted by molar-refractivity contribution is 7.18. The molecule has 0 radical (unpaired) electrons. The molecule has 1 aromatic carbocycles. The molecule has 5 heteroatoms. The lowest BCUT2D eigenvalue weighted by atomic mass is 10.0. The summed E-state index contributed by atoms with van der Waals surface area (Å²) in [7, 11) is 0. The first-order valence-electron chi connectivity index (χ1n) is 5.83. The standard InChI is InChI=1S/C12H15N3OS/c13-8-4-11-9(5-10(8)16)15-12(17-11)7-2-1-3-14-6-7/h4-5,7,14,16H,1-3,6,13H2. The third-order valence-electron chi connectivity index (χ3n) is 3.20. The summed E-state index contributed by atoms with van der Waals surface area (Å²) in [6.45, 7) is 2.11. The normalized spacial score (nSPS) is 20.8. The second kappa shape index (κ2) is 4.16. The summed E-state index contributed by atoms with van der Waals surface area (Å²) in [5, 5.41) is 14.1. The SMILES string of the molecule is Nc1cc2sc(C3CCCNC3)nc2cc1O. The summed E-state index contributed by atoms with van der Waals surface area (Å²) in [5.41, 5.74) is 6.96. The molecule has 4 N–H and O–H groups in total. The Morgan fingerprint density at radius 3 is 3.12 bits per heavy atom. The van der Waals surface area contributed by atoms with E-state index in [0.717, 1.165) is 28.3 Å². The molecular weight excluding hydrogens is 234 g/mol. The number of aromatic hydroxyl groups is 1. The molecule has 1 atom stereocenters. The summed E-state index contributed by atoms with van der Waals surface area (Å²) in [6.07, 6.45) is 2.39. The number of thiazole rings is 1. The fourth-order valence-electron chi connectivity index (χ4n) is 2.23. The molecule has 0 spiro atoms. The van der Waals surface area contributed by atoms with E-state index >= 15 is 0 Å². The topological polar surface area (TPSA) is 71.2 Å². The number of nitrogens with two attached hydrogens (primary N) is 1. The fraction of sp³-hybridized carbons (Fsp3) is 0.417. The van der Waals surface area contributed by atoms with Gasteiger partial charge in [0.15, 0.2) is 0 Å². The number of hydrogen-bond acceptors (Lipinski definition) is 5. The molecule has 1 unspecified atom stereocenters. The van der Waals surface area contributed by atoms with Gasteiger partial charge in [-0.3, -0.25) is 0 Å². The Balaban J connectivity index is 2.00. The number of benzene rings is 1. The van der Waals surface area contributed by atoms with Crippen LogP contribution in [0.5, 0.6) is 5.75 Å². The van der Waals surface area contributed by atoms with Crippen LogP contribution in [-0.2, 0) is 0 Å². The first kappa shape index (κ1) is 10.8. The van der Waals surface area contributed by atoms with Crippen LogP contribution in [0.1, 0.15) is 23.8 Å². The predicted molar refractivity (Wildman–Crippen MR) is 70.5 cm³/mol. The van der Waals surface area contributed by atoms with Crippen LogP contribution in [0.3, 0.4) is 0 Å². The van der Waals surface area contributed by atoms with Crippen molar-refractivity contribution in [2.24, 2.45) is 0 Å². The van der Waals surface area contributed by atoms with Crippen molar-refractivity contribution in [3.8, 4) is 5.75 Å². The van der Waals surface area contributed by atoms with Crippen LogP contribution in [0, 0.1) is 0 Å². The highest BCUT2D eigenvalue weighted by atomic mass is 32.1. The van der Waals surface area contributed by atoms with Gasteiger partial charge in [-0.25, -0.2) is 4.98 Å². The second-order valence-electron chi connectivity index (χ2n) is 4.47. The molecule has 0 saturated carbocycles. The molecule has 1 aromatic heterocycles. The largest absolute Gasteiger partial charge is 0.506 e. The molecule has 90 valence electrons. The van der Waals surface area contributed by atoms with Crippen molar-refractivity contribution in [2.45, 2.75) is 18.8 Å². The van der Waals surface area contributed by atoms with Crippen LogP contribution in [0.4, 0.5) is 5.69 Å². The number of piperidine rings is 1. The average molecular weight is 249 g/mol. The van der Waals surface area contributed by atoms with Crippen LogP contribution in [0.25, 0.3) is 10.2 Å². The van der Waals surface area contributed by atoms with Crippen molar-refractivity contribution in [3.05, 3.63) is 17.1 Å². The van der Waals surface area contributed by atoms with Crippen molar-refractivity contribution < 1.29 is 5.11 Å². The van der Waals surface area contributed by atoms with E-state index in [-0.39, 0.29) is 5.75 Å². The lowest BCUT2D eigenvalue weighted by Crippen LogP contribution is -2.28. The van der Waals surface area contributed by atoms with Crippen molar-refractivity contribution in [1.29, 1.82) is 0 Å². The third-order valence-corrected chi connectivity index (χ3v) is 4.38. The smallest absolute Gasteiger partial charge is 0.140 e. The minimum Gasteiger partial charge on any atom is -0.506 e. The number of rotatable bonds is 1. The monoisotopic (exact) mass is 249 g/mol. The maximum Gasteiger partial charge on any atom is 0.140 e. The van der Waals surface area contributed by atoms with Crippen molar-refractivity contribution in [1.82, 2.24) is 10.3 Å². The molecule has 1 fully saturated rings. The summed E-state index contributed by atoms with van der Waals surface area (Å²) >= 11 is 1.68. The second-order valence-corrected chi connectivity index (χ2v) is 5.54. The van der Waals surface area contributed by atoms with Gasteiger partial charge >= 0.3 is 0 Å². The Labute approximate surface area is 103 Å². The lowest BCUT2D eigenvalue weighted by molar-refractivity contribution is 0.461. The van der Waals surface area contributed by atoms with Crippen LogP contribution in [-0.4, -0.2) is 23.2 Å². The van der Waals surface area contributed by atoms with Gasteiger partial charge < -0.3 is 16.2 Å². The number of anilines is 1. The minimum absolute atomic E-state index is 0.121. The Hall–Kier alpha value is -1.33. The maximum absolute atomic E-state index is 9.56. The minimum atomic E-state index is 0.121. The van der Waals surface area contributed by atoms with Gasteiger partial charge in [0, 0.05) is 18.5 Å². The van der Waals surface area contributed by atoms with E-state index in [0.29, 0.717) is 11.6 Å². The molecule has 4 nitrogen and oxygen atoms in total. The molecule has 2 heterocycles. The zero-order valence-electron chi connectivity index (χ0n) is 9.44. The molecule has 1 saturated heterocycles. The number of phenols is 1. The summed E-state index contributed by atoms with van der Waals surface area (Å²) in [6, 6.07) is 3.46. The van der Waals surface area contributed by atoms with E-state index in [1.54, 1.807) is 17.4 Å². The fourth-order valence-corrected chi connectivity index (χ4v) is 3.37. The predicted octanol–water partition coefficient (Wildman–Crippen LogP) is 2.05. The van der Waals surface area contributed by atoms with Gasteiger partial charge in [-0.1, -0.05) is 0 Å². The van der Waals surface area contributed by atoms with Crippen molar-refractivity contribution >= 4 is 27.2 Å². The van der Waals surface area contributed by atoms with Crippen molar-refractivity contribution in [3.63, 3.8) is 0 Å². The molecule has 17 heavy (non-hydrogen) atoms. The molecule has 3 rings (SSSR count). The molecule has 1 aliphatic heterocycles. The zero-order chi connectivity index (χ0) is 11.8. The van der Waals surface area contributed by atoms with Gasteiger partial charge in [-0.15, -0.1) is 11.3 Å². The average Bonchev–Trinajstić information content (AvgIpc) is 2.74. The number of nitrogen functional groups attached to an aromatic ring is 1. The van der Waals surface area contributed by atoms with Crippen molar-refractivity contribution in [2.75, 3.05) is 18.8 Å². The van der Waals surface area contributed by atoms with Crippen LogP contribution >= 0.6 is 11.3 Å². The number of fused-ring (bicyclic) bond motifs is 1. The quantitative estimate of drug-likeness (QED) is 0.534. The van der Waals surface area contributed by atoms with Gasteiger partial charge in [-0.05, 0) is 25.5 Å². The highest BCUT2D eigenvalue weighted by Gasteiger charge is 2.19. The van der Waals surface area contributed by atoms with E-state index in [1.165, 1.54) is 12.8 Å². The number of hydrogen-bond donors (Lipinski definition) is 3. The van der Waals surface area contributed by atoms with Gasteiger partial charge in [0.05, 0.1) is 20.9 Å². The van der Waals surface area contributed by atoms with E-state index < -0.39 is 0 Å². The Morgan fingerprint density at radius 2 is 2.35 bits per heavy atom. The number of nitrogens with one attached hydrogen (secondary N) is 1. The zero-order valence-corrected chi connectivity index (χ0v) is 10.3. The third kappa shape index (κ3) is 1.96. The van der Waals surface area contributed by atoms with E-state index in [1.807, 2.05) is 6.07 Å². The van der Waals surface area contributed by atoms with Crippen LogP contribution in [0.15, 0.2) is 12.1 Å². The van der Waals surface area contributed by atoms with E-state index in [2.05, 4.69) is 10.3 Å². The summed E-state index contributed by atoms with van der Waals surface area (Å²) in [4.78, 5) is 4.60. The Morgan fingerprint density at radius 1 is 1.47 bits per heavy atom. The Bertz CT molecular complexity index is 507. The summed E-state index contributed by atoms with van der Waals surface area (Å²) in [5.74, 6) is 0.626. The molecule has 0 aliphatic carbocycles. The van der Waals surface area contributed by atoms with Gasteiger partial charge in [0.1, 0.15) is 5.75 Å². The van der Waals surface area contributed by atoms with Crippen LogP contribution in [0.2, 0.25) is 0 Å². The van der Waals surface area contributed by atoms with Crippen LogP contribution < -0.4 is 11.1 Å². The molecule has 1 aliphatic rings. The van der Waals surface area contributed by atoms with E-state index in [9.17, 15) is 5.11 Å². The summed E-state index contributed by atoms with van der Waals surface area (Å²) < 4.78 is 1.06. The Kier molecular flexibility index (Phi) is 2.64. The molecule has 0 bridgehead atoms. The van der Waals surface area contributed by atoms with Gasteiger partial charge in [0.25, 0.3) is 0 Å². The molecule has 0 amide bonds. The number of nitrogens with zero attached hydrogens (tertiary/aromatic N) is 1. The number of aromatic nitrogens is 1.